The highest BCUT2D eigenvalue weighted by Crippen LogP contribution is 2.60. The summed E-state index contributed by atoms with van der Waals surface area (Å²) in [5.74, 6) is 1.03. The van der Waals surface area contributed by atoms with Gasteiger partial charge in [-0.15, -0.1) is 11.8 Å². The molecule has 124 valence electrons. The first-order valence-electron chi connectivity index (χ1n) is 8.15. The van der Waals surface area contributed by atoms with Gasteiger partial charge in [-0.25, -0.2) is 0 Å². The number of carbonyl (C=O) groups is 1. The number of primary amides is 1. The van der Waals surface area contributed by atoms with Crippen LogP contribution in [0.3, 0.4) is 0 Å². The van der Waals surface area contributed by atoms with Crippen LogP contribution in [0.25, 0.3) is 5.57 Å². The Hall–Kier alpha value is -2.01. The second-order valence-corrected chi connectivity index (χ2v) is 7.86. The number of nitrogens with two attached hydrogens (primary N) is 1. The van der Waals surface area contributed by atoms with Gasteiger partial charge in [0, 0.05) is 28.3 Å². The summed E-state index contributed by atoms with van der Waals surface area (Å²) in [5, 5.41) is -0.401. The molecule has 4 nitrogen and oxygen atoms in total. The van der Waals surface area contributed by atoms with Crippen LogP contribution in [0.5, 0.6) is 5.75 Å². The molecule has 2 N–H and O–H groups in total. The fourth-order valence-corrected chi connectivity index (χ4v) is 5.12. The van der Waals surface area contributed by atoms with Gasteiger partial charge in [0.1, 0.15) is 11.0 Å². The minimum absolute atomic E-state index is 0.141. The van der Waals surface area contributed by atoms with Crippen molar-refractivity contribution in [3.05, 3.63) is 46.5 Å². The number of amides is 1. The SMILES string of the molecule is COc1ccccc1C1=C2C(=CN=CC2(C)C2CC2)SC1C(N)=O. The topological polar surface area (TPSA) is 64.7 Å². The van der Waals surface area contributed by atoms with E-state index in [0.29, 0.717) is 5.92 Å². The van der Waals surface area contributed by atoms with Crippen molar-refractivity contribution in [1.82, 2.24) is 0 Å². The summed E-state index contributed by atoms with van der Waals surface area (Å²) in [6.45, 7) is 2.23. The molecule has 2 unspecified atom stereocenters. The summed E-state index contributed by atoms with van der Waals surface area (Å²) in [6.07, 6.45) is 6.31. The van der Waals surface area contributed by atoms with Gasteiger partial charge in [0.25, 0.3) is 0 Å². The zero-order valence-corrected chi connectivity index (χ0v) is 14.6. The molecular weight excluding hydrogens is 320 g/mol. The Morgan fingerprint density at radius 1 is 1.38 bits per heavy atom. The van der Waals surface area contributed by atoms with E-state index in [9.17, 15) is 4.79 Å². The van der Waals surface area contributed by atoms with Crippen LogP contribution in [0.15, 0.2) is 45.9 Å². The lowest BCUT2D eigenvalue weighted by molar-refractivity contribution is -0.116. The predicted octanol–water partition coefficient (Wildman–Crippen LogP) is 3.39. The molecule has 0 bridgehead atoms. The Morgan fingerprint density at radius 3 is 2.79 bits per heavy atom. The van der Waals surface area contributed by atoms with E-state index < -0.39 is 5.25 Å². The molecule has 2 atom stereocenters. The van der Waals surface area contributed by atoms with Crippen LogP contribution < -0.4 is 10.5 Å². The maximum Gasteiger partial charge on any atom is 0.235 e. The first-order chi connectivity index (χ1) is 11.6. The maximum absolute atomic E-state index is 12.2. The Morgan fingerprint density at radius 2 is 2.12 bits per heavy atom. The molecule has 2 aliphatic heterocycles. The molecule has 1 aromatic carbocycles. The monoisotopic (exact) mass is 340 g/mol. The molecule has 0 radical (unpaired) electrons. The molecule has 1 aromatic rings. The lowest BCUT2D eigenvalue weighted by Gasteiger charge is -2.31. The van der Waals surface area contributed by atoms with Crippen molar-refractivity contribution in [1.29, 1.82) is 0 Å². The fourth-order valence-electron chi connectivity index (χ4n) is 3.82. The van der Waals surface area contributed by atoms with E-state index in [0.717, 1.165) is 21.8 Å². The summed E-state index contributed by atoms with van der Waals surface area (Å²) in [7, 11) is 1.66. The number of hydrogen-bond donors (Lipinski definition) is 1. The first-order valence-corrected chi connectivity index (χ1v) is 9.03. The second-order valence-electron chi connectivity index (χ2n) is 6.72. The number of para-hydroxylation sites is 1. The van der Waals surface area contributed by atoms with E-state index in [4.69, 9.17) is 10.5 Å². The number of hydrogen-bond acceptors (Lipinski definition) is 4. The minimum atomic E-state index is -0.401. The number of nitrogens with zero attached hydrogens (tertiary/aromatic N) is 1. The van der Waals surface area contributed by atoms with Gasteiger partial charge in [-0.3, -0.25) is 9.79 Å². The van der Waals surface area contributed by atoms with Gasteiger partial charge < -0.3 is 10.5 Å². The van der Waals surface area contributed by atoms with Crippen LogP contribution in [-0.4, -0.2) is 24.5 Å². The van der Waals surface area contributed by atoms with Gasteiger partial charge in [0.05, 0.1) is 7.11 Å². The summed E-state index contributed by atoms with van der Waals surface area (Å²) in [6, 6.07) is 7.85. The zero-order chi connectivity index (χ0) is 16.9. The fraction of sp³-hybridized carbons (Fsp3) is 0.368. The molecule has 0 saturated heterocycles. The van der Waals surface area contributed by atoms with E-state index in [1.165, 1.54) is 30.2 Å². The molecular formula is C19H20N2O2S. The Labute approximate surface area is 145 Å². The largest absolute Gasteiger partial charge is 0.496 e. The standard InChI is InChI=1S/C19H20N2O2S/c1-19(11-7-8-11)10-21-9-14-16(19)15(17(24-14)18(20)22)12-5-3-4-6-13(12)23-2/h3-6,9-11,17H,7-8H2,1-2H3,(H2,20,22). The van der Waals surface area contributed by atoms with E-state index in [2.05, 4.69) is 11.9 Å². The van der Waals surface area contributed by atoms with Crippen molar-refractivity contribution in [2.75, 3.05) is 7.11 Å². The molecule has 4 rings (SSSR count). The summed E-state index contributed by atoms with van der Waals surface area (Å²) in [4.78, 5) is 17.7. The average molecular weight is 340 g/mol. The molecule has 0 aromatic heterocycles. The quantitative estimate of drug-likeness (QED) is 0.914. The molecule has 24 heavy (non-hydrogen) atoms. The number of thioether (sulfide) groups is 1. The second kappa shape index (κ2) is 5.52. The van der Waals surface area contributed by atoms with Gasteiger partial charge in [0.15, 0.2) is 0 Å². The van der Waals surface area contributed by atoms with Crippen molar-refractivity contribution in [2.45, 2.75) is 25.0 Å². The van der Waals surface area contributed by atoms with Gasteiger partial charge in [-0.2, -0.15) is 0 Å². The number of aliphatic imine (C=N–C) groups is 1. The summed E-state index contributed by atoms with van der Waals surface area (Å²) < 4.78 is 5.56. The van der Waals surface area contributed by atoms with Crippen LogP contribution in [0.2, 0.25) is 0 Å². The molecule has 3 aliphatic rings. The molecule has 0 spiro atoms. The Bertz CT molecular complexity index is 807. The number of carbonyl (C=O) groups excluding carboxylic acids is 1. The Balaban J connectivity index is 1.98. The number of allylic oxidation sites excluding steroid dienone is 1. The third-order valence-electron chi connectivity index (χ3n) is 5.18. The van der Waals surface area contributed by atoms with Crippen LogP contribution in [0.4, 0.5) is 0 Å². The lowest BCUT2D eigenvalue weighted by Crippen LogP contribution is -2.28. The number of methoxy groups -OCH3 is 1. The van der Waals surface area contributed by atoms with E-state index in [1.54, 1.807) is 7.11 Å². The van der Waals surface area contributed by atoms with Crippen LogP contribution in [0.1, 0.15) is 25.3 Å². The van der Waals surface area contributed by atoms with Crippen molar-refractivity contribution in [2.24, 2.45) is 22.1 Å². The average Bonchev–Trinajstić information content (AvgIpc) is 3.36. The van der Waals surface area contributed by atoms with Crippen LogP contribution in [0, 0.1) is 11.3 Å². The Kier molecular flexibility index (Phi) is 3.57. The first kappa shape index (κ1) is 15.5. The zero-order valence-electron chi connectivity index (χ0n) is 13.8. The van der Waals surface area contributed by atoms with Crippen LogP contribution in [-0.2, 0) is 4.79 Å². The lowest BCUT2D eigenvalue weighted by atomic mass is 9.73. The maximum atomic E-state index is 12.2. The summed E-state index contributed by atoms with van der Waals surface area (Å²) >= 11 is 1.52. The van der Waals surface area contributed by atoms with Crippen molar-refractivity contribution in [3.8, 4) is 5.75 Å². The minimum Gasteiger partial charge on any atom is -0.496 e. The third kappa shape index (κ3) is 2.22. The van der Waals surface area contributed by atoms with Crippen molar-refractivity contribution < 1.29 is 9.53 Å². The smallest absolute Gasteiger partial charge is 0.235 e. The van der Waals surface area contributed by atoms with E-state index in [1.807, 2.05) is 36.7 Å². The van der Waals surface area contributed by atoms with Gasteiger partial charge in [-0.1, -0.05) is 25.1 Å². The predicted molar refractivity (Wildman–Crippen MR) is 97.9 cm³/mol. The number of fused-ring (bicyclic) bond motifs is 1. The van der Waals surface area contributed by atoms with Crippen LogP contribution >= 0.6 is 11.8 Å². The number of ether oxygens (including phenoxy) is 1. The molecule has 5 heteroatoms. The molecule has 1 aliphatic carbocycles. The number of rotatable bonds is 4. The molecule has 1 fully saturated rings. The molecule has 2 heterocycles. The highest BCUT2D eigenvalue weighted by molar-refractivity contribution is 8.05. The van der Waals surface area contributed by atoms with Gasteiger partial charge in [-0.05, 0) is 36.0 Å². The van der Waals surface area contributed by atoms with Crippen molar-refractivity contribution in [3.63, 3.8) is 0 Å². The summed E-state index contributed by atoms with van der Waals surface area (Å²) in [5.41, 5.74) is 8.77. The van der Waals surface area contributed by atoms with Gasteiger partial charge in [0.2, 0.25) is 5.91 Å². The molecule has 1 amide bonds. The van der Waals surface area contributed by atoms with Gasteiger partial charge >= 0.3 is 0 Å². The van der Waals surface area contributed by atoms with Crippen molar-refractivity contribution >= 4 is 29.5 Å². The van der Waals surface area contributed by atoms with E-state index >= 15 is 0 Å². The number of benzene rings is 1. The normalized spacial score (nSPS) is 28.6. The highest BCUT2D eigenvalue weighted by atomic mass is 32.2. The highest BCUT2D eigenvalue weighted by Gasteiger charge is 2.51. The van der Waals surface area contributed by atoms with E-state index in [-0.39, 0.29) is 11.3 Å². The third-order valence-corrected chi connectivity index (χ3v) is 6.44. The molecule has 1 saturated carbocycles.